The standard InChI is InChI=1S/C17H19F2N5O3/c1-11-4-12(14(19)5-13(11)18)16(26)24-7-17(27,8-24)2-3-20-15(25)6-23-9-21-22-10-23/h4-5,9-10,27H,2-3,6-8H2,1H3,(H,20,25). The fraction of sp³-hybridized carbons (Fsp3) is 0.412. The molecule has 0 bridgehead atoms. The molecule has 2 amide bonds. The molecular weight excluding hydrogens is 360 g/mol. The van der Waals surface area contributed by atoms with Crippen molar-refractivity contribution < 1.29 is 23.5 Å². The fourth-order valence-corrected chi connectivity index (χ4v) is 2.92. The number of β-amino-alcohol motifs (C(OH)–C–C–N with tert-alkyl or cyclic N) is 1. The van der Waals surface area contributed by atoms with Crippen LogP contribution in [0.3, 0.4) is 0 Å². The van der Waals surface area contributed by atoms with Crippen molar-refractivity contribution in [1.29, 1.82) is 0 Å². The number of aromatic nitrogens is 3. The highest BCUT2D eigenvalue weighted by molar-refractivity contribution is 5.95. The molecule has 0 saturated carbocycles. The highest BCUT2D eigenvalue weighted by Gasteiger charge is 2.43. The molecule has 2 aromatic rings. The van der Waals surface area contributed by atoms with Gasteiger partial charge in [0.05, 0.1) is 18.7 Å². The molecule has 1 aliphatic rings. The molecule has 1 fully saturated rings. The number of nitrogens with one attached hydrogen (secondary N) is 1. The molecule has 0 aliphatic carbocycles. The highest BCUT2D eigenvalue weighted by atomic mass is 19.1. The fourth-order valence-electron chi connectivity index (χ4n) is 2.92. The lowest BCUT2D eigenvalue weighted by Crippen LogP contribution is -2.64. The summed E-state index contributed by atoms with van der Waals surface area (Å²) < 4.78 is 28.7. The van der Waals surface area contributed by atoms with Gasteiger partial charge in [0, 0.05) is 12.6 Å². The minimum absolute atomic E-state index is 0.0169. The van der Waals surface area contributed by atoms with Crippen LogP contribution in [0.4, 0.5) is 8.78 Å². The molecule has 2 N–H and O–H groups in total. The summed E-state index contributed by atoms with van der Waals surface area (Å²) in [4.78, 5) is 25.4. The van der Waals surface area contributed by atoms with Crippen LogP contribution in [0.15, 0.2) is 24.8 Å². The van der Waals surface area contributed by atoms with Gasteiger partial charge in [-0.25, -0.2) is 8.78 Å². The SMILES string of the molecule is Cc1cc(C(=O)N2CC(O)(CCNC(=O)Cn3cnnc3)C2)c(F)cc1F. The molecule has 1 saturated heterocycles. The Morgan fingerprint density at radius 2 is 1.89 bits per heavy atom. The van der Waals surface area contributed by atoms with Crippen molar-refractivity contribution in [2.24, 2.45) is 0 Å². The van der Waals surface area contributed by atoms with Gasteiger partial charge in [0.2, 0.25) is 5.91 Å². The van der Waals surface area contributed by atoms with Gasteiger partial charge < -0.3 is 19.9 Å². The Morgan fingerprint density at radius 3 is 2.56 bits per heavy atom. The van der Waals surface area contributed by atoms with Gasteiger partial charge >= 0.3 is 0 Å². The number of hydrogen-bond donors (Lipinski definition) is 2. The van der Waals surface area contributed by atoms with E-state index in [0.717, 1.165) is 6.07 Å². The summed E-state index contributed by atoms with van der Waals surface area (Å²) >= 11 is 0. The molecule has 10 heteroatoms. The molecule has 1 aromatic heterocycles. The molecule has 144 valence electrons. The molecule has 27 heavy (non-hydrogen) atoms. The van der Waals surface area contributed by atoms with Gasteiger partial charge in [-0.3, -0.25) is 9.59 Å². The van der Waals surface area contributed by atoms with Crippen LogP contribution in [-0.2, 0) is 11.3 Å². The van der Waals surface area contributed by atoms with E-state index in [-0.39, 0.29) is 49.6 Å². The van der Waals surface area contributed by atoms with Crippen LogP contribution in [0.25, 0.3) is 0 Å². The molecule has 3 rings (SSSR count). The number of nitrogens with zero attached hydrogens (tertiary/aromatic N) is 4. The van der Waals surface area contributed by atoms with Crippen molar-refractivity contribution in [2.75, 3.05) is 19.6 Å². The van der Waals surface area contributed by atoms with E-state index in [4.69, 9.17) is 0 Å². The van der Waals surface area contributed by atoms with Gasteiger partial charge in [-0.15, -0.1) is 10.2 Å². The number of aliphatic hydroxyl groups is 1. The van der Waals surface area contributed by atoms with E-state index in [9.17, 15) is 23.5 Å². The first-order valence-electron chi connectivity index (χ1n) is 8.34. The molecule has 0 atom stereocenters. The first-order chi connectivity index (χ1) is 12.8. The first kappa shape index (κ1) is 18.9. The van der Waals surface area contributed by atoms with Gasteiger partial charge in [0.1, 0.15) is 36.4 Å². The molecule has 1 aromatic carbocycles. The summed E-state index contributed by atoms with van der Waals surface area (Å²) in [5, 5.41) is 20.2. The Kier molecular flexibility index (Phi) is 5.17. The van der Waals surface area contributed by atoms with Crippen LogP contribution in [0, 0.1) is 18.6 Å². The average molecular weight is 379 g/mol. The number of likely N-dealkylation sites (tertiary alicyclic amines) is 1. The Hall–Kier alpha value is -2.88. The lowest BCUT2D eigenvalue weighted by Gasteiger charge is -2.46. The van der Waals surface area contributed by atoms with E-state index in [1.165, 1.54) is 29.0 Å². The maximum Gasteiger partial charge on any atom is 0.257 e. The number of hydrogen-bond acceptors (Lipinski definition) is 5. The Morgan fingerprint density at radius 1 is 1.22 bits per heavy atom. The maximum absolute atomic E-state index is 13.8. The average Bonchev–Trinajstić information content (AvgIpc) is 3.08. The second kappa shape index (κ2) is 7.39. The first-order valence-corrected chi connectivity index (χ1v) is 8.34. The number of carbonyl (C=O) groups excluding carboxylic acids is 2. The molecule has 1 aliphatic heterocycles. The monoisotopic (exact) mass is 379 g/mol. The minimum atomic E-state index is -1.15. The van der Waals surface area contributed by atoms with Crippen LogP contribution in [0.5, 0.6) is 0 Å². The topological polar surface area (TPSA) is 100 Å². The van der Waals surface area contributed by atoms with Crippen molar-refractivity contribution in [3.8, 4) is 0 Å². The zero-order valence-corrected chi connectivity index (χ0v) is 14.7. The molecule has 8 nitrogen and oxygen atoms in total. The summed E-state index contributed by atoms with van der Waals surface area (Å²) in [5.41, 5.74) is -1.20. The van der Waals surface area contributed by atoms with E-state index in [2.05, 4.69) is 15.5 Å². The molecule has 0 radical (unpaired) electrons. The number of carbonyl (C=O) groups is 2. The van der Waals surface area contributed by atoms with Crippen molar-refractivity contribution in [3.05, 3.63) is 47.5 Å². The van der Waals surface area contributed by atoms with Gasteiger partial charge in [-0.1, -0.05) is 0 Å². The van der Waals surface area contributed by atoms with Crippen molar-refractivity contribution in [2.45, 2.75) is 25.5 Å². The quantitative estimate of drug-likeness (QED) is 0.750. The predicted molar refractivity (Wildman–Crippen MR) is 89.6 cm³/mol. The van der Waals surface area contributed by atoms with Crippen LogP contribution < -0.4 is 5.32 Å². The third kappa shape index (κ3) is 4.27. The summed E-state index contributed by atoms with van der Waals surface area (Å²) in [6.45, 7) is 1.77. The number of aryl methyl sites for hydroxylation is 1. The van der Waals surface area contributed by atoms with Crippen LogP contribution >= 0.6 is 0 Å². The Bertz CT molecular complexity index is 851. The van der Waals surface area contributed by atoms with E-state index in [1.54, 1.807) is 0 Å². The second-order valence-corrected chi connectivity index (χ2v) is 6.70. The van der Waals surface area contributed by atoms with E-state index in [0.29, 0.717) is 6.07 Å². The maximum atomic E-state index is 13.8. The van der Waals surface area contributed by atoms with Gasteiger partial charge in [-0.05, 0) is 25.0 Å². The molecule has 0 spiro atoms. The number of benzene rings is 1. The van der Waals surface area contributed by atoms with Crippen LogP contribution in [0.2, 0.25) is 0 Å². The highest BCUT2D eigenvalue weighted by Crippen LogP contribution is 2.27. The minimum Gasteiger partial charge on any atom is -0.386 e. The van der Waals surface area contributed by atoms with Crippen LogP contribution in [0.1, 0.15) is 22.3 Å². The smallest absolute Gasteiger partial charge is 0.257 e. The van der Waals surface area contributed by atoms with E-state index >= 15 is 0 Å². The third-order valence-electron chi connectivity index (χ3n) is 4.44. The Balaban J connectivity index is 1.47. The van der Waals surface area contributed by atoms with E-state index in [1.807, 2.05) is 0 Å². The second-order valence-electron chi connectivity index (χ2n) is 6.70. The third-order valence-corrected chi connectivity index (χ3v) is 4.44. The molecule has 2 heterocycles. The number of amides is 2. The summed E-state index contributed by atoms with van der Waals surface area (Å²) in [6, 6.07) is 1.84. The van der Waals surface area contributed by atoms with Gasteiger partial charge in [0.15, 0.2) is 0 Å². The summed E-state index contributed by atoms with van der Waals surface area (Å²) in [6.07, 6.45) is 3.08. The lowest BCUT2D eigenvalue weighted by molar-refractivity contribution is -0.122. The Labute approximate surface area is 153 Å². The lowest BCUT2D eigenvalue weighted by atomic mass is 9.89. The zero-order valence-electron chi connectivity index (χ0n) is 14.7. The van der Waals surface area contributed by atoms with Crippen LogP contribution in [-0.4, -0.2) is 61.8 Å². The van der Waals surface area contributed by atoms with Crippen molar-refractivity contribution in [3.63, 3.8) is 0 Å². The van der Waals surface area contributed by atoms with E-state index < -0.39 is 23.1 Å². The van der Waals surface area contributed by atoms with Crippen molar-refractivity contribution >= 4 is 11.8 Å². The predicted octanol–water partition coefficient (Wildman–Crippen LogP) is 0.258. The zero-order chi connectivity index (χ0) is 19.6. The summed E-state index contributed by atoms with van der Waals surface area (Å²) in [5.74, 6) is -2.50. The van der Waals surface area contributed by atoms with Crippen molar-refractivity contribution in [1.82, 2.24) is 25.0 Å². The van der Waals surface area contributed by atoms with Gasteiger partial charge in [-0.2, -0.15) is 0 Å². The summed E-state index contributed by atoms with van der Waals surface area (Å²) in [7, 11) is 0. The largest absolute Gasteiger partial charge is 0.386 e. The molecular formula is C17H19F2N5O3. The normalized spacial score (nSPS) is 15.3. The number of halogens is 2. The van der Waals surface area contributed by atoms with Gasteiger partial charge in [0.25, 0.3) is 5.91 Å². The number of rotatable bonds is 6. The molecule has 0 unspecified atom stereocenters.